The number of phenols is 1. The van der Waals surface area contributed by atoms with Crippen molar-refractivity contribution in [2.45, 2.75) is 13.5 Å². The third kappa shape index (κ3) is 4.72. The number of hydrogen-bond donors (Lipinski definition) is 3. The molecular formula is C19H20ClN3O5. The number of amides is 1. The number of hydrogen-bond acceptors (Lipinski definition) is 7. The zero-order valence-electron chi connectivity index (χ0n) is 15.6. The molecule has 0 saturated carbocycles. The number of aldehydes is 2. The number of aromatic hydroxyl groups is 1. The standard InChI is InChI=1S/C19H20ClN3O5/c1-11-14(20)7-12(28-11)8-21-16(9-24)17(10-25)22-15-6-4-5-13(18(15)26)19(27)23(2)3/h4-7,9-10,21-22,26H,8H2,1-3H3/b17-16-. The van der Waals surface area contributed by atoms with Crippen LogP contribution >= 0.6 is 11.6 Å². The molecule has 0 aliphatic rings. The predicted octanol–water partition coefficient (Wildman–Crippen LogP) is 2.46. The Morgan fingerprint density at radius 1 is 1.25 bits per heavy atom. The van der Waals surface area contributed by atoms with Gasteiger partial charge in [0.1, 0.15) is 22.9 Å². The summed E-state index contributed by atoms with van der Waals surface area (Å²) < 4.78 is 5.40. The van der Waals surface area contributed by atoms with E-state index in [9.17, 15) is 19.5 Å². The summed E-state index contributed by atoms with van der Waals surface area (Å²) in [7, 11) is 3.10. The largest absolute Gasteiger partial charge is 0.505 e. The summed E-state index contributed by atoms with van der Waals surface area (Å²) in [6.45, 7) is 1.82. The van der Waals surface area contributed by atoms with Crippen LogP contribution in [0.4, 0.5) is 5.69 Å². The summed E-state index contributed by atoms with van der Waals surface area (Å²) in [6, 6.07) is 6.07. The Bertz CT molecular complexity index is 914. The highest BCUT2D eigenvalue weighted by molar-refractivity contribution is 6.31. The van der Waals surface area contributed by atoms with Crippen molar-refractivity contribution >= 4 is 35.8 Å². The average Bonchev–Trinajstić information content (AvgIpc) is 2.99. The number of rotatable bonds is 8. The number of furan rings is 1. The minimum Gasteiger partial charge on any atom is -0.505 e. The molecule has 1 amide bonds. The molecule has 2 rings (SSSR count). The highest BCUT2D eigenvalue weighted by atomic mass is 35.5. The number of allylic oxidation sites excluding steroid dienone is 2. The molecule has 1 aromatic heterocycles. The lowest BCUT2D eigenvalue weighted by molar-refractivity contribution is -0.107. The van der Waals surface area contributed by atoms with Crippen molar-refractivity contribution in [2.75, 3.05) is 19.4 Å². The molecule has 9 heteroatoms. The SMILES string of the molecule is Cc1oc(CN/C(C=O)=C(/C=O)Nc2cccc(C(=O)N(C)C)c2O)cc1Cl. The lowest BCUT2D eigenvalue weighted by Crippen LogP contribution is -2.22. The molecule has 2 aromatic rings. The van der Waals surface area contributed by atoms with Crippen LogP contribution < -0.4 is 10.6 Å². The topological polar surface area (TPSA) is 112 Å². The Balaban J connectivity index is 2.27. The molecule has 0 bridgehead atoms. The van der Waals surface area contributed by atoms with Crippen LogP contribution in [-0.4, -0.2) is 42.6 Å². The molecule has 1 heterocycles. The van der Waals surface area contributed by atoms with Gasteiger partial charge in [0.25, 0.3) is 5.91 Å². The smallest absolute Gasteiger partial charge is 0.257 e. The van der Waals surface area contributed by atoms with E-state index < -0.39 is 5.91 Å². The number of para-hydroxylation sites is 1. The van der Waals surface area contributed by atoms with Gasteiger partial charge in [-0.25, -0.2) is 0 Å². The zero-order chi connectivity index (χ0) is 20.8. The quantitative estimate of drug-likeness (QED) is 0.351. The molecule has 3 N–H and O–H groups in total. The minimum absolute atomic E-state index is 0.0519. The number of nitrogens with zero attached hydrogens (tertiary/aromatic N) is 1. The molecule has 0 saturated heterocycles. The number of halogens is 1. The fourth-order valence-electron chi connectivity index (χ4n) is 2.35. The maximum absolute atomic E-state index is 12.1. The monoisotopic (exact) mass is 405 g/mol. The van der Waals surface area contributed by atoms with Gasteiger partial charge in [-0.15, -0.1) is 0 Å². The van der Waals surface area contributed by atoms with E-state index in [0.717, 1.165) is 0 Å². The Kier molecular flexibility index (Phi) is 6.84. The van der Waals surface area contributed by atoms with Crippen LogP contribution in [0.3, 0.4) is 0 Å². The predicted molar refractivity (Wildman–Crippen MR) is 104 cm³/mol. The first-order valence-corrected chi connectivity index (χ1v) is 8.60. The Morgan fingerprint density at radius 3 is 2.46 bits per heavy atom. The molecule has 0 aliphatic heterocycles. The number of anilines is 1. The van der Waals surface area contributed by atoms with Crippen molar-refractivity contribution in [1.82, 2.24) is 10.2 Å². The molecule has 0 unspecified atom stereocenters. The second kappa shape index (κ2) is 9.09. The van der Waals surface area contributed by atoms with Crippen molar-refractivity contribution in [1.29, 1.82) is 0 Å². The van der Waals surface area contributed by atoms with E-state index in [2.05, 4.69) is 10.6 Å². The number of carbonyl (C=O) groups excluding carboxylic acids is 3. The van der Waals surface area contributed by atoms with E-state index in [4.69, 9.17) is 16.0 Å². The second-order valence-corrected chi connectivity index (χ2v) is 6.47. The Hall–Kier alpha value is -3.26. The highest BCUT2D eigenvalue weighted by Crippen LogP contribution is 2.29. The minimum atomic E-state index is -0.406. The second-order valence-electron chi connectivity index (χ2n) is 6.06. The van der Waals surface area contributed by atoms with Gasteiger partial charge in [0.05, 0.1) is 22.8 Å². The molecule has 0 aliphatic carbocycles. The lowest BCUT2D eigenvalue weighted by atomic mass is 10.1. The van der Waals surface area contributed by atoms with E-state index in [1.165, 1.54) is 17.0 Å². The first-order valence-electron chi connectivity index (χ1n) is 8.22. The van der Waals surface area contributed by atoms with Crippen LogP contribution in [-0.2, 0) is 16.1 Å². The molecule has 1 aromatic carbocycles. The summed E-state index contributed by atoms with van der Waals surface area (Å²) in [6.07, 6.45) is 0.886. The molecule has 28 heavy (non-hydrogen) atoms. The molecule has 0 spiro atoms. The van der Waals surface area contributed by atoms with Gasteiger partial charge in [0.2, 0.25) is 0 Å². The maximum atomic E-state index is 12.1. The number of carbonyl (C=O) groups is 3. The normalized spacial score (nSPS) is 11.4. The van der Waals surface area contributed by atoms with Gasteiger partial charge in [0, 0.05) is 20.2 Å². The van der Waals surface area contributed by atoms with Crippen LogP contribution in [0.15, 0.2) is 40.1 Å². The van der Waals surface area contributed by atoms with Crippen LogP contribution in [0.25, 0.3) is 0 Å². The molecule has 148 valence electrons. The van der Waals surface area contributed by atoms with E-state index in [-0.39, 0.29) is 34.9 Å². The first kappa shape index (κ1) is 21.0. The molecule has 8 nitrogen and oxygen atoms in total. The number of aryl methyl sites for hydroxylation is 1. The molecular weight excluding hydrogens is 386 g/mol. The molecule has 0 radical (unpaired) electrons. The number of benzene rings is 1. The fourth-order valence-corrected chi connectivity index (χ4v) is 2.51. The third-order valence-corrected chi connectivity index (χ3v) is 4.20. The Morgan fingerprint density at radius 2 is 1.93 bits per heavy atom. The molecule has 0 fully saturated rings. The van der Waals surface area contributed by atoms with E-state index >= 15 is 0 Å². The molecule has 0 atom stereocenters. The van der Waals surface area contributed by atoms with Gasteiger partial charge in [-0.1, -0.05) is 17.7 Å². The third-order valence-electron chi connectivity index (χ3n) is 3.83. The van der Waals surface area contributed by atoms with Gasteiger partial charge in [0.15, 0.2) is 18.3 Å². The van der Waals surface area contributed by atoms with Gasteiger partial charge in [-0.2, -0.15) is 0 Å². The summed E-state index contributed by atoms with van der Waals surface area (Å²) in [4.78, 5) is 36.4. The number of phenolic OH excluding ortho intramolecular Hbond substituents is 1. The van der Waals surface area contributed by atoms with Crippen molar-refractivity contribution < 1.29 is 23.9 Å². The van der Waals surface area contributed by atoms with Crippen LogP contribution in [0.1, 0.15) is 21.9 Å². The summed E-state index contributed by atoms with van der Waals surface area (Å²) in [5.41, 5.74) is -0.00700. The summed E-state index contributed by atoms with van der Waals surface area (Å²) in [5, 5.41) is 16.3. The Labute approximate surface area is 166 Å². The summed E-state index contributed by atoms with van der Waals surface area (Å²) >= 11 is 5.93. The van der Waals surface area contributed by atoms with Crippen molar-refractivity contribution in [3.05, 3.63) is 57.8 Å². The first-order chi connectivity index (χ1) is 13.3. The van der Waals surface area contributed by atoms with E-state index in [0.29, 0.717) is 29.1 Å². The van der Waals surface area contributed by atoms with Crippen LogP contribution in [0.2, 0.25) is 5.02 Å². The van der Waals surface area contributed by atoms with Crippen LogP contribution in [0.5, 0.6) is 5.75 Å². The highest BCUT2D eigenvalue weighted by Gasteiger charge is 2.17. The lowest BCUT2D eigenvalue weighted by Gasteiger charge is -2.15. The van der Waals surface area contributed by atoms with Crippen molar-refractivity contribution in [3.8, 4) is 5.75 Å². The summed E-state index contributed by atoms with van der Waals surface area (Å²) in [5.74, 6) is 0.278. The fraction of sp³-hybridized carbons (Fsp3) is 0.211. The van der Waals surface area contributed by atoms with Gasteiger partial charge < -0.3 is 25.1 Å². The maximum Gasteiger partial charge on any atom is 0.257 e. The van der Waals surface area contributed by atoms with Gasteiger partial charge >= 0.3 is 0 Å². The van der Waals surface area contributed by atoms with Gasteiger partial charge in [-0.05, 0) is 19.1 Å². The van der Waals surface area contributed by atoms with Crippen molar-refractivity contribution in [2.24, 2.45) is 0 Å². The number of nitrogens with one attached hydrogen (secondary N) is 2. The van der Waals surface area contributed by atoms with E-state index in [1.807, 2.05) is 0 Å². The van der Waals surface area contributed by atoms with Crippen molar-refractivity contribution in [3.63, 3.8) is 0 Å². The van der Waals surface area contributed by atoms with E-state index in [1.54, 1.807) is 33.2 Å². The average molecular weight is 406 g/mol. The zero-order valence-corrected chi connectivity index (χ0v) is 16.3. The van der Waals surface area contributed by atoms with Gasteiger partial charge in [-0.3, -0.25) is 14.4 Å². The van der Waals surface area contributed by atoms with Crippen LogP contribution in [0, 0.1) is 6.92 Å².